The molecule has 1 fully saturated rings. The lowest BCUT2D eigenvalue weighted by atomic mass is 9.98. The van der Waals surface area contributed by atoms with Crippen LogP contribution in [-0.4, -0.2) is 73.9 Å². The molecule has 44 heavy (non-hydrogen) atoms. The molecule has 0 aliphatic carbocycles. The molecule has 1 aromatic heterocycles. The van der Waals surface area contributed by atoms with Crippen LogP contribution in [0.3, 0.4) is 0 Å². The van der Waals surface area contributed by atoms with Crippen molar-refractivity contribution < 1.29 is 18.8 Å². The van der Waals surface area contributed by atoms with Gasteiger partial charge in [0.2, 0.25) is 0 Å². The topological polar surface area (TPSA) is 71.3 Å². The molecular formula is C36H50N4O4. The van der Waals surface area contributed by atoms with E-state index in [9.17, 15) is 4.79 Å². The highest BCUT2D eigenvalue weighted by molar-refractivity contribution is 5.95. The molecule has 0 radical (unpaired) electrons. The second kappa shape index (κ2) is 16.2. The molecule has 2 aliphatic heterocycles. The highest BCUT2D eigenvalue weighted by atomic mass is 16.5. The van der Waals surface area contributed by atoms with E-state index in [-0.39, 0.29) is 12.5 Å². The quantitative estimate of drug-likeness (QED) is 0.268. The van der Waals surface area contributed by atoms with Crippen LogP contribution in [0.15, 0.2) is 47.0 Å². The smallest absolute Gasteiger partial charge is 0.252 e. The van der Waals surface area contributed by atoms with Crippen LogP contribution in [0.25, 0.3) is 11.1 Å². The summed E-state index contributed by atoms with van der Waals surface area (Å²) in [6, 6.07) is 15.0. The SMILES string of the molecule is COCC(=O)N1CCCCCCCN(Cc2cccc(OCCN3CCCCC3)c2)Cc2cc(-c3c(C)noc3C)ccc21. The Morgan fingerprint density at radius 1 is 0.886 bits per heavy atom. The van der Waals surface area contributed by atoms with Crippen molar-refractivity contribution in [1.29, 1.82) is 0 Å². The number of hydrogen-bond donors (Lipinski definition) is 0. The van der Waals surface area contributed by atoms with Crippen LogP contribution in [0.4, 0.5) is 5.69 Å². The third-order valence-electron chi connectivity index (χ3n) is 8.94. The fourth-order valence-corrected chi connectivity index (χ4v) is 6.66. The molecule has 2 aromatic carbocycles. The highest BCUT2D eigenvalue weighted by Gasteiger charge is 2.23. The van der Waals surface area contributed by atoms with Gasteiger partial charge in [-0.3, -0.25) is 14.6 Å². The van der Waals surface area contributed by atoms with Gasteiger partial charge in [-0.15, -0.1) is 0 Å². The van der Waals surface area contributed by atoms with Gasteiger partial charge in [0.25, 0.3) is 5.91 Å². The summed E-state index contributed by atoms with van der Waals surface area (Å²) in [7, 11) is 1.59. The zero-order valence-corrected chi connectivity index (χ0v) is 27.0. The summed E-state index contributed by atoms with van der Waals surface area (Å²) < 4.78 is 17.0. The van der Waals surface area contributed by atoms with Crippen LogP contribution in [0, 0.1) is 13.8 Å². The van der Waals surface area contributed by atoms with Crippen LogP contribution in [-0.2, 0) is 22.6 Å². The molecule has 0 N–H and O–H groups in total. The number of hydrogen-bond acceptors (Lipinski definition) is 7. The van der Waals surface area contributed by atoms with Gasteiger partial charge in [-0.05, 0) is 100 Å². The fourth-order valence-electron chi connectivity index (χ4n) is 6.66. The van der Waals surface area contributed by atoms with E-state index in [2.05, 4.69) is 57.4 Å². The Hall–Kier alpha value is -3.20. The Balaban J connectivity index is 1.40. The van der Waals surface area contributed by atoms with E-state index in [1.54, 1.807) is 7.11 Å². The average molecular weight is 603 g/mol. The van der Waals surface area contributed by atoms with E-state index >= 15 is 0 Å². The van der Waals surface area contributed by atoms with Crippen LogP contribution in [0.1, 0.15) is 73.9 Å². The number of fused-ring (bicyclic) bond motifs is 1. The summed E-state index contributed by atoms with van der Waals surface area (Å²) in [5, 5.41) is 4.20. The Kier molecular flexibility index (Phi) is 11.9. The second-order valence-electron chi connectivity index (χ2n) is 12.4. The standard InChI is InChI=1S/C36H50N4O4/c1-28-36(29(2)44-37-28)31-15-16-34-32(24-31)26-39(19-8-5-4-6-11-20-40(34)35(41)27-42-3)25-30-13-12-14-33(23-30)43-22-21-38-17-9-7-10-18-38/h12-16,23-24H,4-11,17-22,25-27H2,1-3H3. The van der Waals surface area contributed by atoms with Gasteiger partial charge in [0, 0.05) is 44.5 Å². The highest BCUT2D eigenvalue weighted by Crippen LogP contribution is 2.33. The third-order valence-corrected chi connectivity index (χ3v) is 8.94. The van der Waals surface area contributed by atoms with Crippen molar-refractivity contribution in [2.45, 2.75) is 78.3 Å². The first-order valence-electron chi connectivity index (χ1n) is 16.5. The number of aromatic nitrogens is 1. The maximum atomic E-state index is 13.3. The number of rotatable bonds is 9. The molecule has 0 unspecified atom stereocenters. The molecule has 5 rings (SSSR count). The van der Waals surface area contributed by atoms with Crippen molar-refractivity contribution in [3.8, 4) is 16.9 Å². The lowest BCUT2D eigenvalue weighted by Crippen LogP contribution is -2.36. The largest absolute Gasteiger partial charge is 0.492 e. The predicted octanol–water partition coefficient (Wildman–Crippen LogP) is 6.77. The molecule has 3 heterocycles. The van der Waals surface area contributed by atoms with E-state index in [1.165, 1.54) is 50.8 Å². The van der Waals surface area contributed by atoms with E-state index in [0.717, 1.165) is 91.6 Å². The molecule has 0 saturated carbocycles. The number of benzene rings is 2. The van der Waals surface area contributed by atoms with Gasteiger partial charge >= 0.3 is 0 Å². The number of carbonyl (C=O) groups excluding carboxylic acids is 1. The maximum absolute atomic E-state index is 13.3. The molecule has 0 bridgehead atoms. The average Bonchev–Trinajstić information content (AvgIpc) is 3.36. The summed E-state index contributed by atoms with van der Waals surface area (Å²) in [4.78, 5) is 20.3. The van der Waals surface area contributed by atoms with Crippen LogP contribution in [0.2, 0.25) is 0 Å². The van der Waals surface area contributed by atoms with Gasteiger partial charge in [-0.1, -0.05) is 49.0 Å². The van der Waals surface area contributed by atoms with Crippen molar-refractivity contribution >= 4 is 11.6 Å². The summed E-state index contributed by atoms with van der Waals surface area (Å²) in [6.07, 6.45) is 9.56. The number of aryl methyl sites for hydroxylation is 2. The predicted molar refractivity (Wildman–Crippen MR) is 175 cm³/mol. The van der Waals surface area contributed by atoms with E-state index in [1.807, 2.05) is 18.7 Å². The number of piperidine rings is 1. The molecule has 0 atom stereocenters. The normalized spacial score (nSPS) is 17.5. The first-order chi connectivity index (χ1) is 21.5. The number of nitrogens with zero attached hydrogens (tertiary/aromatic N) is 4. The summed E-state index contributed by atoms with van der Waals surface area (Å²) >= 11 is 0. The molecule has 0 spiro atoms. The van der Waals surface area contributed by atoms with Crippen molar-refractivity contribution in [3.05, 3.63) is 65.0 Å². The van der Waals surface area contributed by atoms with E-state index in [4.69, 9.17) is 14.0 Å². The lowest BCUT2D eigenvalue weighted by Gasteiger charge is -2.30. The number of anilines is 1. The minimum absolute atomic E-state index is 0.00292. The zero-order valence-electron chi connectivity index (χ0n) is 27.0. The van der Waals surface area contributed by atoms with Gasteiger partial charge in [0.1, 0.15) is 24.7 Å². The second-order valence-corrected chi connectivity index (χ2v) is 12.4. The Morgan fingerprint density at radius 3 is 2.36 bits per heavy atom. The maximum Gasteiger partial charge on any atom is 0.252 e. The zero-order chi connectivity index (χ0) is 30.7. The molecule has 2 aliphatic rings. The van der Waals surface area contributed by atoms with Gasteiger partial charge in [-0.25, -0.2) is 0 Å². The van der Waals surface area contributed by atoms with Gasteiger partial charge in [-0.2, -0.15) is 0 Å². The van der Waals surface area contributed by atoms with Crippen LogP contribution >= 0.6 is 0 Å². The number of ether oxygens (including phenoxy) is 2. The van der Waals surface area contributed by atoms with E-state index in [0.29, 0.717) is 6.54 Å². The number of likely N-dealkylation sites (tertiary alicyclic amines) is 1. The monoisotopic (exact) mass is 602 g/mol. The number of methoxy groups -OCH3 is 1. The van der Waals surface area contributed by atoms with Gasteiger partial charge < -0.3 is 18.9 Å². The summed E-state index contributed by atoms with van der Waals surface area (Å²) in [5.41, 5.74) is 6.29. The molecular weight excluding hydrogens is 552 g/mol. The first kappa shape index (κ1) is 32.2. The molecule has 1 amide bonds. The van der Waals surface area contributed by atoms with Crippen LogP contribution < -0.4 is 9.64 Å². The minimum atomic E-state index is -0.00292. The lowest BCUT2D eigenvalue weighted by molar-refractivity contribution is -0.122. The summed E-state index contributed by atoms with van der Waals surface area (Å²) in [6.45, 7) is 11.3. The van der Waals surface area contributed by atoms with Crippen molar-refractivity contribution in [3.63, 3.8) is 0 Å². The molecule has 3 aromatic rings. The molecule has 1 saturated heterocycles. The van der Waals surface area contributed by atoms with Crippen molar-refractivity contribution in [2.75, 3.05) is 57.9 Å². The molecule has 8 heteroatoms. The van der Waals surface area contributed by atoms with E-state index < -0.39 is 0 Å². The fraction of sp³-hybridized carbons (Fsp3) is 0.556. The number of carbonyl (C=O) groups is 1. The van der Waals surface area contributed by atoms with Crippen molar-refractivity contribution in [2.24, 2.45) is 0 Å². The summed E-state index contributed by atoms with van der Waals surface area (Å²) in [5.74, 6) is 1.74. The Morgan fingerprint density at radius 2 is 1.61 bits per heavy atom. The minimum Gasteiger partial charge on any atom is -0.492 e. The first-order valence-corrected chi connectivity index (χ1v) is 16.5. The van der Waals surface area contributed by atoms with Gasteiger partial charge in [0.05, 0.1) is 5.69 Å². The van der Waals surface area contributed by atoms with Crippen molar-refractivity contribution in [1.82, 2.24) is 15.0 Å². The Labute approximate surface area is 263 Å². The third kappa shape index (κ3) is 8.71. The Bertz CT molecular complexity index is 1330. The number of amides is 1. The molecule has 8 nitrogen and oxygen atoms in total. The van der Waals surface area contributed by atoms with Gasteiger partial charge in [0.15, 0.2) is 0 Å². The molecule has 238 valence electrons. The van der Waals surface area contributed by atoms with Crippen LogP contribution in [0.5, 0.6) is 5.75 Å².